The molecule has 5 unspecified atom stereocenters. The minimum Gasteiger partial charge on any atom is -0.393 e. The lowest BCUT2D eigenvalue weighted by Gasteiger charge is -2.43. The SMILES string of the molecule is NC(=S)C12CC3CC(c4ccccc4)(CC1C3c1ccccc1)C2. The number of rotatable bonds is 3. The molecule has 0 radical (unpaired) electrons. The van der Waals surface area contributed by atoms with Crippen molar-refractivity contribution in [1.29, 1.82) is 0 Å². The first kappa shape index (κ1) is 14.7. The summed E-state index contributed by atoms with van der Waals surface area (Å²) in [4.78, 5) is 0.772. The Morgan fingerprint density at radius 1 is 0.917 bits per heavy atom. The van der Waals surface area contributed by atoms with Crippen molar-refractivity contribution in [3.63, 3.8) is 0 Å². The maximum absolute atomic E-state index is 6.37. The molecule has 2 aromatic carbocycles. The van der Waals surface area contributed by atoms with Crippen molar-refractivity contribution in [2.45, 2.75) is 37.0 Å². The molecule has 4 bridgehead atoms. The van der Waals surface area contributed by atoms with Crippen LogP contribution in [0.5, 0.6) is 0 Å². The van der Waals surface area contributed by atoms with Gasteiger partial charge in [-0.25, -0.2) is 0 Å². The normalized spacial score (nSPS) is 39.2. The van der Waals surface area contributed by atoms with Crippen molar-refractivity contribution in [3.05, 3.63) is 71.8 Å². The van der Waals surface area contributed by atoms with Gasteiger partial charge >= 0.3 is 0 Å². The number of hydrogen-bond donors (Lipinski definition) is 1. The molecule has 0 amide bonds. The van der Waals surface area contributed by atoms with Gasteiger partial charge in [0.15, 0.2) is 0 Å². The Morgan fingerprint density at radius 3 is 2.25 bits per heavy atom. The Bertz CT molecular complexity index is 786. The second-order valence-electron chi connectivity index (χ2n) is 8.26. The van der Waals surface area contributed by atoms with E-state index in [4.69, 9.17) is 18.0 Å². The summed E-state index contributed by atoms with van der Waals surface area (Å²) in [6.07, 6.45) is 4.88. The largest absolute Gasteiger partial charge is 0.393 e. The second kappa shape index (κ2) is 4.92. The van der Waals surface area contributed by atoms with Crippen molar-refractivity contribution >= 4 is 17.2 Å². The molecule has 1 nitrogen and oxygen atoms in total. The zero-order valence-corrected chi connectivity index (χ0v) is 14.6. The van der Waals surface area contributed by atoms with E-state index in [-0.39, 0.29) is 5.41 Å². The van der Waals surface area contributed by atoms with E-state index in [2.05, 4.69) is 60.7 Å². The molecule has 2 aromatic rings. The molecule has 122 valence electrons. The van der Waals surface area contributed by atoms with Crippen LogP contribution in [-0.4, -0.2) is 4.99 Å². The van der Waals surface area contributed by atoms with E-state index in [1.54, 1.807) is 0 Å². The van der Waals surface area contributed by atoms with E-state index in [0.29, 0.717) is 23.2 Å². The van der Waals surface area contributed by atoms with Crippen molar-refractivity contribution < 1.29 is 0 Å². The fraction of sp³-hybridized carbons (Fsp3) is 0.409. The topological polar surface area (TPSA) is 26.0 Å². The van der Waals surface area contributed by atoms with Gasteiger partial charge in [0.25, 0.3) is 0 Å². The zero-order valence-electron chi connectivity index (χ0n) is 13.8. The molecule has 0 aromatic heterocycles. The molecule has 4 aliphatic rings. The minimum atomic E-state index is 0.0780. The number of thiocarbonyl (C=S) groups is 1. The van der Waals surface area contributed by atoms with Crippen LogP contribution in [0.15, 0.2) is 60.7 Å². The smallest absolute Gasteiger partial charge is 0.0793 e. The molecule has 4 fully saturated rings. The van der Waals surface area contributed by atoms with Crippen molar-refractivity contribution in [2.24, 2.45) is 23.0 Å². The molecule has 0 aliphatic heterocycles. The van der Waals surface area contributed by atoms with Gasteiger partial charge in [0.05, 0.1) is 4.99 Å². The molecule has 24 heavy (non-hydrogen) atoms. The van der Waals surface area contributed by atoms with E-state index in [9.17, 15) is 0 Å². The van der Waals surface area contributed by atoms with E-state index in [1.165, 1.54) is 30.4 Å². The van der Waals surface area contributed by atoms with Gasteiger partial charge < -0.3 is 5.73 Å². The molecular formula is C22H23NS. The molecule has 0 heterocycles. The standard InChI is InChI=1S/C22H23NS/c23-20(24)22-12-16-11-21(14-22,17-9-5-2-6-10-17)13-18(22)19(16)15-7-3-1-4-8-15/h1-10,16,18-19H,11-14H2,(H2,23,24). The van der Waals surface area contributed by atoms with Crippen molar-refractivity contribution in [3.8, 4) is 0 Å². The van der Waals surface area contributed by atoms with Crippen LogP contribution in [0.25, 0.3) is 0 Å². The van der Waals surface area contributed by atoms with Gasteiger partial charge in [0, 0.05) is 5.41 Å². The maximum Gasteiger partial charge on any atom is 0.0793 e. The highest BCUT2D eigenvalue weighted by Gasteiger charge is 2.69. The molecule has 4 aliphatic carbocycles. The lowest BCUT2D eigenvalue weighted by atomic mass is 9.61. The third kappa shape index (κ3) is 1.78. The highest BCUT2D eigenvalue weighted by molar-refractivity contribution is 7.80. The summed E-state index contributed by atoms with van der Waals surface area (Å²) >= 11 is 5.64. The molecular weight excluding hydrogens is 310 g/mol. The van der Waals surface area contributed by atoms with Crippen LogP contribution in [0.3, 0.4) is 0 Å². The summed E-state index contributed by atoms with van der Waals surface area (Å²) in [6, 6.07) is 22.2. The first-order valence-corrected chi connectivity index (χ1v) is 9.46. The zero-order chi connectivity index (χ0) is 16.4. The minimum absolute atomic E-state index is 0.0780. The Hall–Kier alpha value is -1.67. The average Bonchev–Trinajstić information content (AvgIpc) is 2.99. The number of hydrogen-bond acceptors (Lipinski definition) is 1. The van der Waals surface area contributed by atoms with Gasteiger partial charge in [-0.2, -0.15) is 0 Å². The molecule has 5 atom stereocenters. The van der Waals surface area contributed by atoms with Gasteiger partial charge in [-0.15, -0.1) is 0 Å². The predicted octanol–water partition coefficient (Wildman–Crippen LogP) is 4.81. The first-order valence-electron chi connectivity index (χ1n) is 9.05. The maximum atomic E-state index is 6.37. The van der Waals surface area contributed by atoms with Crippen LogP contribution >= 0.6 is 12.2 Å². The van der Waals surface area contributed by atoms with Crippen LogP contribution < -0.4 is 5.73 Å². The third-order valence-corrected chi connectivity index (χ3v) is 7.66. The van der Waals surface area contributed by atoms with Crippen LogP contribution in [0.4, 0.5) is 0 Å². The summed E-state index contributed by atoms with van der Waals surface area (Å²) in [5.74, 6) is 1.95. The van der Waals surface area contributed by atoms with Crippen LogP contribution in [-0.2, 0) is 5.41 Å². The molecule has 6 rings (SSSR count). The molecule has 0 spiro atoms. The monoisotopic (exact) mass is 333 g/mol. The fourth-order valence-corrected chi connectivity index (χ4v) is 6.88. The Morgan fingerprint density at radius 2 is 1.58 bits per heavy atom. The highest BCUT2D eigenvalue weighted by Crippen LogP contribution is 2.74. The lowest BCUT2D eigenvalue weighted by Crippen LogP contribution is -2.40. The summed E-state index contributed by atoms with van der Waals surface area (Å²) in [7, 11) is 0. The van der Waals surface area contributed by atoms with Gasteiger partial charge in [0.2, 0.25) is 0 Å². The van der Waals surface area contributed by atoms with E-state index >= 15 is 0 Å². The molecule has 2 N–H and O–H groups in total. The van der Waals surface area contributed by atoms with Crippen molar-refractivity contribution in [1.82, 2.24) is 0 Å². The second-order valence-corrected chi connectivity index (χ2v) is 8.70. The molecule has 4 saturated carbocycles. The summed E-state index contributed by atoms with van der Waals surface area (Å²) in [6.45, 7) is 0. The number of benzene rings is 2. The summed E-state index contributed by atoms with van der Waals surface area (Å²) < 4.78 is 0. The van der Waals surface area contributed by atoms with Gasteiger partial charge in [-0.05, 0) is 60.0 Å². The number of nitrogens with two attached hydrogens (primary N) is 1. The van der Waals surface area contributed by atoms with E-state index in [0.717, 1.165) is 11.4 Å². The lowest BCUT2D eigenvalue weighted by molar-refractivity contribution is 0.200. The van der Waals surface area contributed by atoms with Gasteiger partial charge in [-0.1, -0.05) is 72.9 Å². The Kier molecular flexibility index (Phi) is 3.00. The molecule has 2 heteroatoms. The van der Waals surface area contributed by atoms with Crippen molar-refractivity contribution in [2.75, 3.05) is 0 Å². The first-order chi connectivity index (χ1) is 11.6. The van der Waals surface area contributed by atoms with Crippen LogP contribution in [0, 0.1) is 17.3 Å². The average molecular weight is 334 g/mol. The fourth-order valence-electron chi connectivity index (χ4n) is 6.58. The summed E-state index contributed by atoms with van der Waals surface area (Å²) in [5.41, 5.74) is 9.74. The quantitative estimate of drug-likeness (QED) is 0.815. The highest BCUT2D eigenvalue weighted by atomic mass is 32.1. The predicted molar refractivity (Wildman–Crippen MR) is 102 cm³/mol. The van der Waals surface area contributed by atoms with Gasteiger partial charge in [0.1, 0.15) is 0 Å². The molecule has 0 saturated heterocycles. The van der Waals surface area contributed by atoms with Crippen LogP contribution in [0.2, 0.25) is 0 Å². The van der Waals surface area contributed by atoms with Crippen LogP contribution in [0.1, 0.15) is 42.7 Å². The van der Waals surface area contributed by atoms with Gasteiger partial charge in [-0.3, -0.25) is 0 Å². The van der Waals surface area contributed by atoms with E-state index < -0.39 is 0 Å². The van der Waals surface area contributed by atoms with E-state index in [1.807, 2.05) is 0 Å². The third-order valence-electron chi connectivity index (χ3n) is 7.26. The Labute approximate surface area is 149 Å². The summed E-state index contributed by atoms with van der Waals surface area (Å²) in [5, 5.41) is 0. The Balaban J connectivity index is 1.62.